The largest absolute Gasteiger partial charge is 0.497 e. The van der Waals surface area contributed by atoms with E-state index >= 15 is 0 Å². The van der Waals surface area contributed by atoms with Gasteiger partial charge in [-0.05, 0) is 47.8 Å². The highest BCUT2D eigenvalue weighted by Crippen LogP contribution is 2.38. The lowest BCUT2D eigenvalue weighted by Crippen LogP contribution is -2.32. The first kappa shape index (κ1) is 20.2. The van der Waals surface area contributed by atoms with Crippen LogP contribution >= 0.6 is 11.3 Å². The molecule has 3 aromatic rings. The van der Waals surface area contributed by atoms with E-state index in [1.807, 2.05) is 17.5 Å². The van der Waals surface area contributed by atoms with Gasteiger partial charge < -0.3 is 14.8 Å². The van der Waals surface area contributed by atoms with Gasteiger partial charge >= 0.3 is 0 Å². The lowest BCUT2D eigenvalue weighted by atomic mass is 10.1. The molecule has 7 nitrogen and oxygen atoms in total. The first-order valence-corrected chi connectivity index (χ1v) is 10.1. The Labute approximate surface area is 182 Å². The molecule has 1 aliphatic rings. The third-order valence-electron chi connectivity index (χ3n) is 4.77. The molecule has 2 heterocycles. The summed E-state index contributed by atoms with van der Waals surface area (Å²) in [5.74, 6) is 0.127. The Morgan fingerprint density at radius 3 is 2.39 bits per heavy atom. The van der Waals surface area contributed by atoms with Gasteiger partial charge in [-0.3, -0.25) is 9.59 Å². The van der Waals surface area contributed by atoms with E-state index in [2.05, 4.69) is 5.32 Å². The number of ether oxygens (including phenoxy) is 2. The van der Waals surface area contributed by atoms with Crippen LogP contribution in [0.2, 0.25) is 0 Å². The van der Waals surface area contributed by atoms with Crippen LogP contribution in [0.1, 0.15) is 10.4 Å². The van der Waals surface area contributed by atoms with Gasteiger partial charge in [0.25, 0.3) is 11.8 Å². The first-order chi connectivity index (χ1) is 15.1. The fourth-order valence-electron chi connectivity index (χ4n) is 3.26. The molecule has 31 heavy (non-hydrogen) atoms. The number of amides is 2. The standard InChI is InChI=1S/C23H17N3O4S/c1-29-16-9-10-18(30-2)17(12-16)25-21-20(19-4-3-11-31-19)22(27)26(23(21)28)15-7-5-14(13-24)6-8-15/h3-12,25H,1-2H3. The molecule has 1 aromatic heterocycles. The maximum Gasteiger partial charge on any atom is 0.282 e. The fraction of sp³-hybridized carbons (Fsp3) is 0.0870. The Bertz CT molecular complexity index is 1220. The van der Waals surface area contributed by atoms with Gasteiger partial charge in [0.05, 0.1) is 42.8 Å². The molecular formula is C23H17N3O4S. The van der Waals surface area contributed by atoms with Crippen molar-refractivity contribution in [1.29, 1.82) is 5.26 Å². The third-order valence-corrected chi connectivity index (χ3v) is 5.66. The number of hydrogen-bond acceptors (Lipinski definition) is 7. The van der Waals surface area contributed by atoms with Crippen LogP contribution in [0, 0.1) is 11.3 Å². The summed E-state index contributed by atoms with van der Waals surface area (Å²) in [6, 6.07) is 17.1. The number of carbonyl (C=O) groups is 2. The zero-order chi connectivity index (χ0) is 22.0. The summed E-state index contributed by atoms with van der Waals surface area (Å²) >= 11 is 1.36. The van der Waals surface area contributed by atoms with E-state index < -0.39 is 11.8 Å². The van der Waals surface area contributed by atoms with Crippen molar-refractivity contribution in [3.8, 4) is 17.6 Å². The number of nitrogens with zero attached hydrogens (tertiary/aromatic N) is 2. The van der Waals surface area contributed by atoms with E-state index in [0.29, 0.717) is 33.3 Å². The summed E-state index contributed by atoms with van der Waals surface area (Å²) < 4.78 is 10.7. The molecule has 0 atom stereocenters. The van der Waals surface area contributed by atoms with E-state index in [1.165, 1.54) is 18.4 Å². The van der Waals surface area contributed by atoms with E-state index in [4.69, 9.17) is 14.7 Å². The molecule has 1 N–H and O–H groups in total. The van der Waals surface area contributed by atoms with Crippen LogP contribution in [0.15, 0.2) is 65.7 Å². The van der Waals surface area contributed by atoms with E-state index in [0.717, 1.165) is 4.90 Å². The van der Waals surface area contributed by atoms with Crippen molar-refractivity contribution in [1.82, 2.24) is 0 Å². The number of hydrogen-bond donors (Lipinski definition) is 1. The zero-order valence-corrected chi connectivity index (χ0v) is 17.5. The number of rotatable bonds is 6. The molecule has 0 unspecified atom stereocenters. The molecule has 8 heteroatoms. The molecule has 4 rings (SSSR count). The summed E-state index contributed by atoms with van der Waals surface area (Å²) in [5.41, 5.74) is 1.73. The SMILES string of the molecule is COc1ccc(OC)c(NC2=C(c3cccs3)C(=O)N(c3ccc(C#N)cc3)C2=O)c1. The number of carbonyl (C=O) groups excluding carboxylic acids is 2. The number of benzene rings is 2. The van der Waals surface area contributed by atoms with Crippen molar-refractivity contribution in [3.63, 3.8) is 0 Å². The van der Waals surface area contributed by atoms with Crippen LogP contribution in [0.5, 0.6) is 11.5 Å². The molecule has 0 radical (unpaired) electrons. The average Bonchev–Trinajstić information content (AvgIpc) is 3.40. The van der Waals surface area contributed by atoms with Crippen molar-refractivity contribution >= 4 is 40.1 Å². The number of nitriles is 1. The molecule has 0 fully saturated rings. The smallest absolute Gasteiger partial charge is 0.282 e. The van der Waals surface area contributed by atoms with E-state index in [1.54, 1.807) is 55.6 Å². The molecule has 2 aromatic carbocycles. The molecule has 0 aliphatic carbocycles. The van der Waals surface area contributed by atoms with Gasteiger partial charge in [0.2, 0.25) is 0 Å². The van der Waals surface area contributed by atoms with Crippen molar-refractivity contribution in [2.24, 2.45) is 0 Å². The zero-order valence-electron chi connectivity index (χ0n) is 16.7. The monoisotopic (exact) mass is 431 g/mol. The highest BCUT2D eigenvalue weighted by Gasteiger charge is 2.41. The maximum atomic E-state index is 13.4. The normalized spacial score (nSPS) is 13.4. The Kier molecular flexibility index (Phi) is 5.43. The molecule has 154 valence electrons. The number of nitrogens with one attached hydrogen (secondary N) is 1. The lowest BCUT2D eigenvalue weighted by Gasteiger charge is -2.16. The van der Waals surface area contributed by atoms with Crippen LogP contribution in [0.25, 0.3) is 5.57 Å². The van der Waals surface area contributed by atoms with Gasteiger partial charge in [0.1, 0.15) is 17.2 Å². The number of anilines is 2. The van der Waals surface area contributed by atoms with E-state index in [-0.39, 0.29) is 11.3 Å². The van der Waals surface area contributed by atoms with Gasteiger partial charge in [0.15, 0.2) is 0 Å². The minimum absolute atomic E-state index is 0.142. The molecule has 0 saturated heterocycles. The quantitative estimate of drug-likeness (QED) is 0.593. The molecule has 2 amide bonds. The van der Waals surface area contributed by atoms with Crippen molar-refractivity contribution in [2.45, 2.75) is 0 Å². The van der Waals surface area contributed by atoms with Crippen LogP contribution in [-0.4, -0.2) is 26.0 Å². The minimum Gasteiger partial charge on any atom is -0.497 e. The molecule has 0 spiro atoms. The van der Waals surface area contributed by atoms with Gasteiger partial charge in [-0.1, -0.05) is 6.07 Å². The Hall–Kier alpha value is -4.09. The lowest BCUT2D eigenvalue weighted by molar-refractivity contribution is -0.120. The minimum atomic E-state index is -0.497. The third kappa shape index (κ3) is 3.63. The summed E-state index contributed by atoms with van der Waals surface area (Å²) in [6.45, 7) is 0. The summed E-state index contributed by atoms with van der Waals surface area (Å²) in [7, 11) is 3.06. The highest BCUT2D eigenvalue weighted by atomic mass is 32.1. The van der Waals surface area contributed by atoms with Crippen LogP contribution in [-0.2, 0) is 9.59 Å². The Morgan fingerprint density at radius 2 is 1.77 bits per heavy atom. The number of imide groups is 1. The Balaban J connectivity index is 1.80. The van der Waals surface area contributed by atoms with Crippen LogP contribution in [0.3, 0.4) is 0 Å². The van der Waals surface area contributed by atoms with Crippen molar-refractivity contribution < 1.29 is 19.1 Å². The Morgan fingerprint density at radius 1 is 1.00 bits per heavy atom. The molecule has 1 aliphatic heterocycles. The van der Waals surface area contributed by atoms with Crippen LogP contribution in [0.4, 0.5) is 11.4 Å². The highest BCUT2D eigenvalue weighted by molar-refractivity contribution is 7.11. The summed E-state index contributed by atoms with van der Waals surface area (Å²) in [4.78, 5) is 28.5. The predicted octanol–water partition coefficient (Wildman–Crippen LogP) is 4.03. The molecule has 0 saturated carbocycles. The number of methoxy groups -OCH3 is 2. The molecular weight excluding hydrogens is 414 g/mol. The first-order valence-electron chi connectivity index (χ1n) is 9.23. The fourth-order valence-corrected chi connectivity index (χ4v) is 4.03. The molecule has 0 bridgehead atoms. The van der Waals surface area contributed by atoms with Gasteiger partial charge in [-0.25, -0.2) is 4.90 Å². The second kappa shape index (κ2) is 8.34. The maximum absolute atomic E-state index is 13.4. The van der Waals surface area contributed by atoms with Gasteiger partial charge in [0, 0.05) is 10.9 Å². The van der Waals surface area contributed by atoms with E-state index in [9.17, 15) is 9.59 Å². The summed E-state index contributed by atoms with van der Waals surface area (Å²) in [6.07, 6.45) is 0. The predicted molar refractivity (Wildman–Crippen MR) is 118 cm³/mol. The van der Waals surface area contributed by atoms with Gasteiger partial charge in [-0.15, -0.1) is 11.3 Å². The van der Waals surface area contributed by atoms with Gasteiger partial charge in [-0.2, -0.15) is 5.26 Å². The average molecular weight is 431 g/mol. The van der Waals surface area contributed by atoms with Crippen molar-refractivity contribution in [3.05, 3.63) is 76.1 Å². The van der Waals surface area contributed by atoms with Crippen molar-refractivity contribution in [2.75, 3.05) is 24.4 Å². The second-order valence-electron chi connectivity index (χ2n) is 6.52. The second-order valence-corrected chi connectivity index (χ2v) is 7.47. The van der Waals surface area contributed by atoms with Crippen LogP contribution < -0.4 is 19.7 Å². The number of thiophene rings is 1. The topological polar surface area (TPSA) is 91.7 Å². The summed E-state index contributed by atoms with van der Waals surface area (Å²) in [5, 5.41) is 14.0.